The van der Waals surface area contributed by atoms with Gasteiger partial charge in [-0.05, 0) is 17.9 Å². The fourth-order valence-corrected chi connectivity index (χ4v) is 2.55. The zero-order valence-electron chi connectivity index (χ0n) is 9.23. The Hall–Kier alpha value is -1.44. The van der Waals surface area contributed by atoms with Gasteiger partial charge in [0.25, 0.3) is 5.56 Å². The SMILES string of the molecule is Cc1csc2c(=O)[nH]c(=O)n(COCCO)c12. The summed E-state index contributed by atoms with van der Waals surface area (Å²) in [5.41, 5.74) is 0.589. The van der Waals surface area contributed by atoms with Gasteiger partial charge in [0.05, 0.1) is 18.7 Å². The largest absolute Gasteiger partial charge is 0.394 e. The Morgan fingerprint density at radius 1 is 1.53 bits per heavy atom. The Balaban J connectivity index is 2.56. The van der Waals surface area contributed by atoms with Crippen LogP contribution in [-0.4, -0.2) is 27.9 Å². The van der Waals surface area contributed by atoms with E-state index in [1.807, 2.05) is 12.3 Å². The molecule has 0 bridgehead atoms. The van der Waals surface area contributed by atoms with Gasteiger partial charge < -0.3 is 9.84 Å². The summed E-state index contributed by atoms with van der Waals surface area (Å²) in [6.45, 7) is 1.89. The van der Waals surface area contributed by atoms with Crippen LogP contribution in [0.4, 0.5) is 0 Å². The minimum absolute atomic E-state index is 0.0181. The molecular weight excluding hydrogens is 244 g/mol. The number of aliphatic hydroxyl groups is 1. The number of fused-ring (bicyclic) bond motifs is 1. The molecule has 0 aliphatic carbocycles. The molecule has 0 fully saturated rings. The van der Waals surface area contributed by atoms with Crippen molar-refractivity contribution < 1.29 is 9.84 Å². The first-order valence-corrected chi connectivity index (χ1v) is 5.92. The van der Waals surface area contributed by atoms with E-state index in [-0.39, 0.29) is 25.5 Å². The lowest BCUT2D eigenvalue weighted by Crippen LogP contribution is -2.30. The molecule has 0 aliphatic heterocycles. The van der Waals surface area contributed by atoms with E-state index < -0.39 is 5.69 Å². The highest BCUT2D eigenvalue weighted by atomic mass is 32.1. The highest BCUT2D eigenvalue weighted by Crippen LogP contribution is 2.20. The van der Waals surface area contributed by atoms with E-state index in [9.17, 15) is 9.59 Å². The van der Waals surface area contributed by atoms with Gasteiger partial charge in [0.15, 0.2) is 0 Å². The first-order chi connectivity index (χ1) is 8.15. The molecule has 0 saturated heterocycles. The second kappa shape index (κ2) is 4.82. The molecule has 0 aliphatic rings. The summed E-state index contributed by atoms with van der Waals surface area (Å²) in [6, 6.07) is 0. The number of nitrogens with one attached hydrogen (secondary N) is 1. The van der Waals surface area contributed by atoms with Crippen LogP contribution in [0.3, 0.4) is 0 Å². The van der Waals surface area contributed by atoms with Crippen molar-refractivity contribution in [2.24, 2.45) is 0 Å². The molecule has 6 nitrogen and oxygen atoms in total. The Bertz CT molecular complexity index is 640. The van der Waals surface area contributed by atoms with Crippen LogP contribution in [-0.2, 0) is 11.5 Å². The standard InChI is InChI=1S/C10H12N2O4S/c1-6-4-17-8-7(6)12(5-16-3-2-13)10(15)11-9(8)14/h4,13H,2-3,5H2,1H3,(H,11,14,15). The van der Waals surface area contributed by atoms with Gasteiger partial charge in [0.1, 0.15) is 11.4 Å². The monoisotopic (exact) mass is 256 g/mol. The highest BCUT2D eigenvalue weighted by Gasteiger charge is 2.11. The van der Waals surface area contributed by atoms with Gasteiger partial charge in [0.2, 0.25) is 0 Å². The van der Waals surface area contributed by atoms with E-state index in [2.05, 4.69) is 4.98 Å². The van der Waals surface area contributed by atoms with E-state index in [0.29, 0.717) is 10.2 Å². The van der Waals surface area contributed by atoms with Crippen molar-refractivity contribution in [2.75, 3.05) is 13.2 Å². The molecule has 0 unspecified atom stereocenters. The van der Waals surface area contributed by atoms with Gasteiger partial charge in [-0.3, -0.25) is 14.3 Å². The molecule has 2 heterocycles. The lowest BCUT2D eigenvalue weighted by molar-refractivity contribution is 0.0480. The summed E-state index contributed by atoms with van der Waals surface area (Å²) in [5, 5.41) is 10.4. The van der Waals surface area contributed by atoms with E-state index in [1.54, 1.807) is 0 Å². The average Bonchev–Trinajstić information content (AvgIpc) is 2.66. The van der Waals surface area contributed by atoms with Crippen LogP contribution in [0.25, 0.3) is 10.2 Å². The van der Waals surface area contributed by atoms with E-state index in [0.717, 1.165) is 5.56 Å². The topological polar surface area (TPSA) is 84.3 Å². The van der Waals surface area contributed by atoms with Gasteiger partial charge >= 0.3 is 5.69 Å². The Kier molecular flexibility index (Phi) is 3.41. The van der Waals surface area contributed by atoms with Crippen LogP contribution in [0.1, 0.15) is 5.56 Å². The zero-order chi connectivity index (χ0) is 12.4. The molecule has 17 heavy (non-hydrogen) atoms. The molecule has 92 valence electrons. The van der Waals surface area contributed by atoms with Gasteiger partial charge in [0, 0.05) is 0 Å². The Morgan fingerprint density at radius 2 is 2.29 bits per heavy atom. The predicted octanol–water partition coefficient (Wildman–Crippen LogP) is 0.0261. The van der Waals surface area contributed by atoms with Crippen molar-refractivity contribution in [1.82, 2.24) is 9.55 Å². The maximum atomic E-state index is 11.7. The van der Waals surface area contributed by atoms with E-state index >= 15 is 0 Å². The second-order valence-corrected chi connectivity index (χ2v) is 4.42. The number of rotatable bonds is 4. The number of hydrogen-bond acceptors (Lipinski definition) is 5. The van der Waals surface area contributed by atoms with Crippen LogP contribution in [0.2, 0.25) is 0 Å². The predicted molar refractivity (Wildman–Crippen MR) is 64.5 cm³/mol. The smallest absolute Gasteiger partial charge is 0.330 e. The van der Waals surface area contributed by atoms with Gasteiger partial charge in [-0.15, -0.1) is 11.3 Å². The summed E-state index contributed by atoms with van der Waals surface area (Å²) < 4.78 is 6.99. The second-order valence-electron chi connectivity index (χ2n) is 3.54. The van der Waals surface area contributed by atoms with Crippen molar-refractivity contribution >= 4 is 21.6 Å². The van der Waals surface area contributed by atoms with Gasteiger partial charge in [-0.1, -0.05) is 0 Å². The Labute approximate surface area is 100 Å². The van der Waals surface area contributed by atoms with E-state index in [1.165, 1.54) is 15.9 Å². The van der Waals surface area contributed by atoms with Crippen molar-refractivity contribution in [2.45, 2.75) is 13.7 Å². The molecule has 0 aromatic carbocycles. The van der Waals surface area contributed by atoms with Crippen molar-refractivity contribution in [3.05, 3.63) is 31.8 Å². The molecule has 2 rings (SSSR count). The van der Waals surface area contributed by atoms with Crippen molar-refractivity contribution in [3.8, 4) is 0 Å². The molecule has 0 atom stereocenters. The normalized spacial score (nSPS) is 11.2. The average molecular weight is 256 g/mol. The van der Waals surface area contributed by atoms with E-state index in [4.69, 9.17) is 9.84 Å². The van der Waals surface area contributed by atoms with Crippen LogP contribution in [0, 0.1) is 6.92 Å². The molecule has 2 aromatic rings. The van der Waals surface area contributed by atoms with Gasteiger partial charge in [-0.2, -0.15) is 0 Å². The minimum atomic E-state index is -0.498. The van der Waals surface area contributed by atoms with Crippen LogP contribution in [0.15, 0.2) is 15.0 Å². The fourth-order valence-electron chi connectivity index (χ4n) is 1.60. The maximum Gasteiger partial charge on any atom is 0.330 e. The number of ether oxygens (including phenoxy) is 1. The number of aryl methyl sites for hydroxylation is 1. The molecule has 0 saturated carbocycles. The molecule has 0 amide bonds. The summed E-state index contributed by atoms with van der Waals surface area (Å²) in [4.78, 5) is 25.5. The number of thiophene rings is 1. The molecular formula is C10H12N2O4S. The number of aromatic amines is 1. The quantitative estimate of drug-likeness (QED) is 0.756. The van der Waals surface area contributed by atoms with Gasteiger partial charge in [-0.25, -0.2) is 4.79 Å². The fraction of sp³-hybridized carbons (Fsp3) is 0.400. The third kappa shape index (κ3) is 2.17. The number of aromatic nitrogens is 2. The first-order valence-electron chi connectivity index (χ1n) is 5.04. The van der Waals surface area contributed by atoms with Crippen LogP contribution < -0.4 is 11.2 Å². The molecule has 2 aromatic heterocycles. The van der Waals surface area contributed by atoms with Crippen LogP contribution >= 0.6 is 11.3 Å². The summed E-state index contributed by atoms with van der Waals surface area (Å²) >= 11 is 1.29. The number of hydrogen-bond donors (Lipinski definition) is 2. The number of nitrogens with zero attached hydrogens (tertiary/aromatic N) is 1. The third-order valence-electron chi connectivity index (χ3n) is 2.34. The summed E-state index contributed by atoms with van der Waals surface area (Å²) in [5.74, 6) is 0. The summed E-state index contributed by atoms with van der Waals surface area (Å²) in [7, 11) is 0. The Morgan fingerprint density at radius 3 is 3.00 bits per heavy atom. The zero-order valence-corrected chi connectivity index (χ0v) is 10.0. The highest BCUT2D eigenvalue weighted by molar-refractivity contribution is 7.17. The lowest BCUT2D eigenvalue weighted by atomic mass is 10.3. The van der Waals surface area contributed by atoms with Crippen molar-refractivity contribution in [3.63, 3.8) is 0 Å². The number of aliphatic hydroxyl groups excluding tert-OH is 1. The molecule has 0 spiro atoms. The van der Waals surface area contributed by atoms with Crippen molar-refractivity contribution in [1.29, 1.82) is 0 Å². The minimum Gasteiger partial charge on any atom is -0.394 e. The summed E-state index contributed by atoms with van der Waals surface area (Å²) in [6.07, 6.45) is 0. The number of H-pyrrole nitrogens is 1. The first kappa shape index (κ1) is 12.0. The lowest BCUT2D eigenvalue weighted by Gasteiger charge is -2.07. The molecule has 0 radical (unpaired) electrons. The maximum absolute atomic E-state index is 11.7. The molecule has 7 heteroatoms. The van der Waals surface area contributed by atoms with Crippen LogP contribution in [0.5, 0.6) is 0 Å². The molecule has 2 N–H and O–H groups in total. The third-order valence-corrected chi connectivity index (χ3v) is 3.43.